The van der Waals surface area contributed by atoms with Crippen LogP contribution in [0.2, 0.25) is 0 Å². The molecule has 2 aromatic heterocycles. The van der Waals surface area contributed by atoms with E-state index in [1.54, 1.807) is 13.2 Å². The first-order valence-corrected chi connectivity index (χ1v) is 7.32. The number of hydrogen-bond acceptors (Lipinski definition) is 6. The number of nitrogens with zero attached hydrogens (tertiary/aromatic N) is 4. The smallest absolute Gasteiger partial charge is 0.333 e. The van der Waals surface area contributed by atoms with Gasteiger partial charge in [-0.2, -0.15) is 5.10 Å². The number of aryl methyl sites for hydroxylation is 2. The Hall–Kier alpha value is -1.96. The summed E-state index contributed by atoms with van der Waals surface area (Å²) in [6, 6.07) is -0.0474. The van der Waals surface area contributed by atoms with Crippen molar-refractivity contribution in [2.45, 2.75) is 32.7 Å². The van der Waals surface area contributed by atoms with Crippen LogP contribution in [0.1, 0.15) is 37.0 Å². The highest BCUT2D eigenvalue weighted by Crippen LogP contribution is 2.32. The Morgan fingerprint density at radius 3 is 2.80 bits per heavy atom. The molecule has 0 saturated carbocycles. The molecular weight excluding hydrogens is 278 g/mol. The second-order valence-corrected chi connectivity index (χ2v) is 5.28. The molecule has 20 heavy (non-hydrogen) atoms. The Labute approximate surface area is 120 Å². The highest BCUT2D eigenvalue weighted by Gasteiger charge is 2.27. The van der Waals surface area contributed by atoms with Gasteiger partial charge in [0.25, 0.3) is 0 Å². The van der Waals surface area contributed by atoms with E-state index in [1.807, 2.05) is 19.2 Å². The van der Waals surface area contributed by atoms with Gasteiger partial charge in [0.1, 0.15) is 10.7 Å². The van der Waals surface area contributed by atoms with Crippen LogP contribution in [0.5, 0.6) is 0 Å². The molecule has 8 heteroatoms. The molecule has 0 saturated heterocycles. The number of hydrogen-bond donors (Lipinski definition) is 1. The molecule has 108 valence electrons. The Kier molecular flexibility index (Phi) is 4.33. The molecule has 1 N–H and O–H groups in total. The minimum Gasteiger partial charge on any atom is -0.355 e. The molecule has 7 nitrogen and oxygen atoms in total. The van der Waals surface area contributed by atoms with Gasteiger partial charge in [0.05, 0.1) is 11.0 Å². The lowest BCUT2D eigenvalue weighted by atomic mass is 10.2. The Morgan fingerprint density at radius 1 is 1.55 bits per heavy atom. The van der Waals surface area contributed by atoms with Crippen molar-refractivity contribution in [3.05, 3.63) is 32.4 Å². The van der Waals surface area contributed by atoms with Crippen molar-refractivity contribution < 1.29 is 4.92 Å². The van der Waals surface area contributed by atoms with Crippen molar-refractivity contribution in [1.29, 1.82) is 0 Å². The quantitative estimate of drug-likeness (QED) is 0.654. The summed E-state index contributed by atoms with van der Waals surface area (Å²) < 4.78 is 1.53. The zero-order valence-electron chi connectivity index (χ0n) is 11.7. The SMILES string of the molecule is CCc1nn(C)c(NC(CC)c2nccs2)c1[N+](=O)[O-]. The van der Waals surface area contributed by atoms with Crippen molar-refractivity contribution >= 4 is 22.8 Å². The fourth-order valence-corrected chi connectivity index (χ4v) is 2.84. The Bertz CT molecular complexity index is 593. The Balaban J connectivity index is 2.37. The summed E-state index contributed by atoms with van der Waals surface area (Å²) in [6.45, 7) is 3.87. The Morgan fingerprint density at radius 2 is 2.30 bits per heavy atom. The monoisotopic (exact) mass is 295 g/mol. The van der Waals surface area contributed by atoms with Gasteiger partial charge in [-0.15, -0.1) is 11.3 Å². The first-order chi connectivity index (χ1) is 9.58. The summed E-state index contributed by atoms with van der Waals surface area (Å²) >= 11 is 1.53. The molecule has 0 radical (unpaired) electrons. The zero-order chi connectivity index (χ0) is 14.7. The fourth-order valence-electron chi connectivity index (χ4n) is 2.07. The normalized spacial score (nSPS) is 12.3. The largest absolute Gasteiger partial charge is 0.355 e. The molecule has 0 amide bonds. The standard InChI is InChI=1S/C12H17N5O2S/c1-4-8-10(17(18)19)11(16(3)15-8)14-9(5-2)12-13-6-7-20-12/h6-7,9,14H,4-5H2,1-3H3. The molecule has 2 heterocycles. The van der Waals surface area contributed by atoms with E-state index in [-0.39, 0.29) is 16.7 Å². The van der Waals surface area contributed by atoms with Gasteiger partial charge in [-0.3, -0.25) is 10.1 Å². The van der Waals surface area contributed by atoms with Crippen molar-refractivity contribution in [3.8, 4) is 0 Å². The average Bonchev–Trinajstić information content (AvgIpc) is 3.03. The summed E-state index contributed by atoms with van der Waals surface area (Å²) in [5.41, 5.74) is 0.555. The molecule has 0 aliphatic carbocycles. The van der Waals surface area contributed by atoms with Gasteiger partial charge < -0.3 is 5.32 Å². The number of thiazole rings is 1. The average molecular weight is 295 g/mol. The number of nitrogens with one attached hydrogen (secondary N) is 1. The van der Waals surface area contributed by atoms with E-state index in [2.05, 4.69) is 15.4 Å². The fraction of sp³-hybridized carbons (Fsp3) is 0.500. The van der Waals surface area contributed by atoms with Gasteiger partial charge in [0.15, 0.2) is 0 Å². The van der Waals surface area contributed by atoms with Gasteiger partial charge in [0, 0.05) is 18.6 Å². The van der Waals surface area contributed by atoms with E-state index < -0.39 is 0 Å². The number of rotatable bonds is 6. The van der Waals surface area contributed by atoms with Crippen LogP contribution in [-0.2, 0) is 13.5 Å². The molecule has 0 bridgehead atoms. The van der Waals surface area contributed by atoms with E-state index in [0.29, 0.717) is 17.9 Å². The van der Waals surface area contributed by atoms with Crippen molar-refractivity contribution in [1.82, 2.24) is 14.8 Å². The van der Waals surface area contributed by atoms with Crippen molar-refractivity contribution in [2.24, 2.45) is 7.05 Å². The van der Waals surface area contributed by atoms with Crippen LogP contribution >= 0.6 is 11.3 Å². The molecule has 1 atom stereocenters. The molecule has 0 aromatic carbocycles. The first-order valence-electron chi connectivity index (χ1n) is 6.44. The van der Waals surface area contributed by atoms with Crippen molar-refractivity contribution in [3.63, 3.8) is 0 Å². The molecule has 2 rings (SSSR count). The molecule has 0 aliphatic heterocycles. The van der Waals surface area contributed by atoms with Crippen LogP contribution < -0.4 is 5.32 Å². The van der Waals surface area contributed by atoms with E-state index in [9.17, 15) is 10.1 Å². The summed E-state index contributed by atoms with van der Waals surface area (Å²) in [5.74, 6) is 0.439. The minimum absolute atomic E-state index is 0.0474. The van der Waals surface area contributed by atoms with E-state index in [4.69, 9.17) is 0 Å². The van der Waals surface area contributed by atoms with E-state index >= 15 is 0 Å². The summed E-state index contributed by atoms with van der Waals surface area (Å²) in [7, 11) is 1.71. The molecule has 0 spiro atoms. The van der Waals surface area contributed by atoms with E-state index in [0.717, 1.165) is 11.4 Å². The van der Waals surface area contributed by atoms with Crippen molar-refractivity contribution in [2.75, 3.05) is 5.32 Å². The molecule has 2 aromatic rings. The van der Waals surface area contributed by atoms with Crippen LogP contribution in [0.25, 0.3) is 0 Å². The van der Waals surface area contributed by atoms with Gasteiger partial charge in [-0.1, -0.05) is 13.8 Å². The van der Waals surface area contributed by atoms with Gasteiger partial charge in [0.2, 0.25) is 5.82 Å². The highest BCUT2D eigenvalue weighted by molar-refractivity contribution is 7.09. The summed E-state index contributed by atoms with van der Waals surface area (Å²) in [5, 5.41) is 21.5. The minimum atomic E-state index is -0.372. The summed E-state index contributed by atoms with van der Waals surface area (Å²) in [4.78, 5) is 15.2. The number of aromatic nitrogens is 3. The van der Waals surface area contributed by atoms with Gasteiger partial charge in [-0.05, 0) is 12.8 Å². The number of nitro groups is 1. The molecule has 0 aliphatic rings. The van der Waals surface area contributed by atoms with Crippen LogP contribution in [0.3, 0.4) is 0 Å². The predicted octanol–water partition coefficient (Wildman–Crippen LogP) is 2.91. The topological polar surface area (TPSA) is 85.9 Å². The third-order valence-electron chi connectivity index (χ3n) is 3.08. The second kappa shape index (κ2) is 6.00. The summed E-state index contributed by atoms with van der Waals surface area (Å²) in [6.07, 6.45) is 3.05. The first kappa shape index (κ1) is 14.4. The van der Waals surface area contributed by atoms with Crippen LogP contribution in [0.15, 0.2) is 11.6 Å². The van der Waals surface area contributed by atoms with Gasteiger partial charge >= 0.3 is 5.69 Å². The zero-order valence-corrected chi connectivity index (χ0v) is 12.5. The maximum Gasteiger partial charge on any atom is 0.333 e. The lowest BCUT2D eigenvalue weighted by molar-refractivity contribution is -0.384. The van der Waals surface area contributed by atoms with Gasteiger partial charge in [-0.25, -0.2) is 9.67 Å². The second-order valence-electron chi connectivity index (χ2n) is 4.35. The molecule has 0 fully saturated rings. The lowest BCUT2D eigenvalue weighted by Crippen LogP contribution is -2.13. The number of anilines is 1. The van der Waals surface area contributed by atoms with Crippen LogP contribution in [-0.4, -0.2) is 19.7 Å². The third kappa shape index (κ3) is 2.64. The van der Waals surface area contributed by atoms with E-state index in [1.165, 1.54) is 16.0 Å². The maximum atomic E-state index is 11.3. The maximum absolute atomic E-state index is 11.3. The predicted molar refractivity (Wildman–Crippen MR) is 78.0 cm³/mol. The lowest BCUT2D eigenvalue weighted by Gasteiger charge is -2.15. The van der Waals surface area contributed by atoms with Crippen LogP contribution in [0.4, 0.5) is 11.5 Å². The molecule has 1 unspecified atom stereocenters. The third-order valence-corrected chi connectivity index (χ3v) is 3.97. The molecular formula is C12H17N5O2S. The highest BCUT2D eigenvalue weighted by atomic mass is 32.1. The van der Waals surface area contributed by atoms with Crippen LogP contribution in [0, 0.1) is 10.1 Å².